The van der Waals surface area contributed by atoms with Gasteiger partial charge >= 0.3 is 41.8 Å². The van der Waals surface area contributed by atoms with Crippen LogP contribution in [0.15, 0.2) is 14.5 Å². The molecule has 24 heteroatoms. The van der Waals surface area contributed by atoms with E-state index in [0.717, 1.165) is 41.5 Å². The molecule has 0 aromatic carbocycles. The maximum atomic E-state index is 13.1. The Bertz CT molecular complexity index is 1980. The normalized spacial score (nSPS) is 19.4. The van der Waals surface area contributed by atoms with Crippen LogP contribution in [0, 0.1) is 0 Å². The summed E-state index contributed by atoms with van der Waals surface area (Å²) in [6.07, 6.45) is -10.5. The number of carbonyl (C=O) groups is 8. The summed E-state index contributed by atoms with van der Waals surface area (Å²) in [6.45, 7) is 13.2. The van der Waals surface area contributed by atoms with Gasteiger partial charge in [0.1, 0.15) is 8.42 Å². The van der Waals surface area contributed by atoms with E-state index in [1.807, 2.05) is 0 Å². The Morgan fingerprint density at radius 2 is 1.05 bits per heavy atom. The number of sulfonamides is 1. The van der Waals surface area contributed by atoms with E-state index in [4.69, 9.17) is 33.2 Å². The van der Waals surface area contributed by atoms with E-state index in [0.29, 0.717) is 24.3 Å². The van der Waals surface area contributed by atoms with Gasteiger partial charge in [0.05, 0.1) is 5.25 Å². The number of carbonyl (C=O) groups excluding carboxylic acids is 8. The smallest absolute Gasteiger partial charge is 0.347 e. The van der Waals surface area contributed by atoms with Gasteiger partial charge in [-0.1, -0.05) is 13.8 Å². The predicted molar refractivity (Wildman–Crippen MR) is 201 cm³/mol. The van der Waals surface area contributed by atoms with Crippen molar-refractivity contribution < 1.29 is 88.3 Å². The molecule has 2 N–H and O–H groups in total. The molecular formula is C35H50N2O19S3. The van der Waals surface area contributed by atoms with Gasteiger partial charge < -0.3 is 38.5 Å². The molecule has 0 spiro atoms. The lowest BCUT2D eigenvalue weighted by molar-refractivity contribution is -0.188. The molecule has 0 saturated heterocycles. The second-order valence-corrected chi connectivity index (χ2v) is 18.9. The lowest BCUT2D eigenvalue weighted by Gasteiger charge is -2.27. The largest absolute Gasteiger partial charge is 0.451 e. The lowest BCUT2D eigenvalue weighted by Crippen LogP contribution is -2.42. The van der Waals surface area contributed by atoms with Crippen molar-refractivity contribution >= 4 is 78.9 Å². The highest BCUT2D eigenvalue weighted by atomic mass is 32.3. The first kappa shape index (κ1) is 50.5. The number of sulfone groups is 1. The fourth-order valence-electron chi connectivity index (χ4n) is 4.86. The number of hydrogen-bond donors (Lipinski definition) is 2. The molecule has 21 nitrogen and oxygen atoms in total. The number of nitrogens with one attached hydrogen (secondary N) is 2. The fraction of sp³-hybridized carbons (Fsp3) is 0.657. The maximum absolute atomic E-state index is 13.1. The molecule has 0 aliphatic carbocycles. The Morgan fingerprint density at radius 3 is 1.42 bits per heavy atom. The average Bonchev–Trinajstić information content (AvgIpc) is 3.62. The van der Waals surface area contributed by atoms with Crippen molar-refractivity contribution in [3.05, 3.63) is 11.6 Å². The first-order valence-corrected chi connectivity index (χ1v) is 22.2. The number of fused-ring (bicyclic) bond motifs is 1. The zero-order valence-corrected chi connectivity index (χ0v) is 36.5. The van der Waals surface area contributed by atoms with Gasteiger partial charge in [0, 0.05) is 18.0 Å². The molecule has 1 aromatic rings. The number of amides is 1. The third-order valence-electron chi connectivity index (χ3n) is 8.26. The van der Waals surface area contributed by atoms with Gasteiger partial charge in [-0.25, -0.2) is 50.3 Å². The van der Waals surface area contributed by atoms with Crippen LogP contribution in [0.2, 0.25) is 0 Å². The Balaban J connectivity index is 1.88. The van der Waals surface area contributed by atoms with Crippen molar-refractivity contribution in [2.45, 2.75) is 151 Å². The van der Waals surface area contributed by atoms with Crippen LogP contribution in [0.25, 0.3) is 0 Å². The second-order valence-electron chi connectivity index (χ2n) is 13.3. The van der Waals surface area contributed by atoms with E-state index in [1.54, 1.807) is 18.6 Å². The van der Waals surface area contributed by atoms with Gasteiger partial charge in [-0.05, 0) is 80.8 Å². The van der Waals surface area contributed by atoms with E-state index in [1.165, 1.54) is 19.9 Å². The minimum Gasteiger partial charge on any atom is -0.451 e. The minimum absolute atomic E-state index is 0.0679. The molecule has 2 heterocycles. The summed E-state index contributed by atoms with van der Waals surface area (Å²) in [4.78, 5) is 99.0. The molecule has 0 bridgehead atoms. The molecule has 0 fully saturated rings. The van der Waals surface area contributed by atoms with Crippen LogP contribution in [-0.2, 0) is 91.4 Å². The molecule has 1 aliphatic heterocycles. The number of thiophene rings is 1. The Morgan fingerprint density at radius 1 is 0.678 bits per heavy atom. The van der Waals surface area contributed by atoms with E-state index in [9.17, 15) is 55.2 Å². The predicted octanol–water partition coefficient (Wildman–Crippen LogP) is 1.09. The highest BCUT2D eigenvalue weighted by Gasteiger charge is 2.40. The highest BCUT2D eigenvalue weighted by molar-refractivity contribution is 7.95. The molecule has 2 rings (SSSR count). The number of esters is 7. The third-order valence-corrected chi connectivity index (χ3v) is 14.0. The monoisotopic (exact) mass is 898 g/mol. The van der Waals surface area contributed by atoms with Crippen molar-refractivity contribution in [2.24, 2.45) is 0 Å². The van der Waals surface area contributed by atoms with Crippen molar-refractivity contribution in [1.29, 1.82) is 0 Å². The van der Waals surface area contributed by atoms with Crippen molar-refractivity contribution in [3.63, 3.8) is 0 Å². The fourth-order valence-corrected chi connectivity index (χ4v) is 9.90. The van der Waals surface area contributed by atoms with E-state index >= 15 is 0 Å². The van der Waals surface area contributed by atoms with Crippen LogP contribution in [-0.4, -0.2) is 119 Å². The van der Waals surface area contributed by atoms with Gasteiger partial charge in [-0.15, -0.1) is 11.3 Å². The van der Waals surface area contributed by atoms with Crippen LogP contribution >= 0.6 is 11.3 Å². The molecule has 9 atom stereocenters. The van der Waals surface area contributed by atoms with Crippen LogP contribution in [0.1, 0.15) is 100 Å². The van der Waals surface area contributed by atoms with Crippen molar-refractivity contribution in [1.82, 2.24) is 10.0 Å². The average molecular weight is 899 g/mol. The van der Waals surface area contributed by atoms with Crippen molar-refractivity contribution in [3.8, 4) is 0 Å². The summed E-state index contributed by atoms with van der Waals surface area (Å²) in [7, 11) is -8.45. The first-order chi connectivity index (χ1) is 27.3. The molecule has 7 unspecified atom stereocenters. The molecule has 332 valence electrons. The van der Waals surface area contributed by atoms with Gasteiger partial charge in [0.25, 0.3) is 15.9 Å². The summed E-state index contributed by atoms with van der Waals surface area (Å²) in [6, 6.07) is 0.733. The maximum Gasteiger partial charge on any atom is 0.347 e. The zero-order chi connectivity index (χ0) is 45.2. The lowest BCUT2D eigenvalue weighted by atomic mass is 10.1. The summed E-state index contributed by atoms with van der Waals surface area (Å²) in [5, 5.41) is 2.34. The summed E-state index contributed by atoms with van der Waals surface area (Å²) in [5.74, 6) is -9.20. The standard InChI is InChI=1S/C35H50N2O19S3/c1-11-13-26(38)50-18(5)29(40)52-20(7)31(42)54-22(9)33(44)56-23(10)34(45)55-21(8)32(43)53-19(6)30(41)51-17(4)28(39)37-59(48,49)27-15-24-25(36-12-2)14-16(3)58(46,47)35(24)57-27/h15-23,25,36H,11-14H2,1-10H3,(H,37,39)/t16-,17?,18?,19?,20?,21?,22?,23?,25-/m0/s1. The Hall–Kier alpha value is -4.68. The molecule has 0 radical (unpaired) electrons. The first-order valence-electron chi connectivity index (χ1n) is 18.4. The van der Waals surface area contributed by atoms with Crippen LogP contribution in [0.5, 0.6) is 0 Å². The number of ether oxygens (including phenoxy) is 7. The molecule has 1 aromatic heterocycles. The molecule has 1 amide bonds. The van der Waals surface area contributed by atoms with Gasteiger partial charge in [-0.3, -0.25) is 9.59 Å². The molecule has 59 heavy (non-hydrogen) atoms. The molecule has 1 aliphatic rings. The van der Waals surface area contributed by atoms with E-state index in [-0.39, 0.29) is 22.6 Å². The van der Waals surface area contributed by atoms with E-state index < -0.39 is 126 Å². The third kappa shape index (κ3) is 14.0. The topological polar surface area (TPSA) is 294 Å². The van der Waals surface area contributed by atoms with Crippen molar-refractivity contribution in [2.75, 3.05) is 6.54 Å². The Labute approximate surface area is 345 Å². The molecule has 0 saturated carbocycles. The highest BCUT2D eigenvalue weighted by Crippen LogP contribution is 2.42. The molecular weight excluding hydrogens is 849 g/mol. The zero-order valence-electron chi connectivity index (χ0n) is 34.1. The van der Waals surface area contributed by atoms with Crippen LogP contribution < -0.4 is 10.0 Å². The summed E-state index contributed by atoms with van der Waals surface area (Å²) < 4.78 is 87.6. The second kappa shape index (κ2) is 21.5. The van der Waals surface area contributed by atoms with Gasteiger partial charge in [-0.2, -0.15) is 0 Å². The minimum atomic E-state index is -4.62. The summed E-state index contributed by atoms with van der Waals surface area (Å²) >= 11 is 0.483. The van der Waals surface area contributed by atoms with Crippen LogP contribution in [0.4, 0.5) is 0 Å². The van der Waals surface area contributed by atoms with Gasteiger partial charge in [0.15, 0.2) is 52.6 Å². The van der Waals surface area contributed by atoms with E-state index in [2.05, 4.69) is 5.32 Å². The number of hydrogen-bond acceptors (Lipinski definition) is 21. The van der Waals surface area contributed by atoms with Gasteiger partial charge in [0.2, 0.25) is 0 Å². The SMILES string of the molecule is CCCC(=O)OC(C)C(=O)OC(C)C(=O)OC(C)C(=O)OC(C)C(=O)OC(C)C(=O)OC(C)C(=O)OC(C)C(=O)NS(=O)(=O)c1cc2c(s1)S(=O)(=O)[C@@H](C)C[C@@H]2NCC. The quantitative estimate of drug-likeness (QED) is 0.137. The van der Waals surface area contributed by atoms with Crippen LogP contribution in [0.3, 0.4) is 0 Å². The Kier molecular flexibility index (Phi) is 18.4. The summed E-state index contributed by atoms with van der Waals surface area (Å²) in [5.41, 5.74) is 0.259. The number of rotatable bonds is 20.